The van der Waals surface area contributed by atoms with E-state index >= 15 is 0 Å². The number of hydrogen-bond donors (Lipinski definition) is 1. The first-order valence-electron chi connectivity index (χ1n) is 7.54. The van der Waals surface area contributed by atoms with Crippen molar-refractivity contribution in [3.05, 3.63) is 0 Å². The van der Waals surface area contributed by atoms with Gasteiger partial charge in [-0.05, 0) is 12.3 Å². The van der Waals surface area contributed by atoms with E-state index in [9.17, 15) is 0 Å². The second kappa shape index (κ2) is 10.1. The van der Waals surface area contributed by atoms with Gasteiger partial charge in [0.2, 0.25) is 0 Å². The van der Waals surface area contributed by atoms with E-state index in [0.29, 0.717) is 6.61 Å². The smallest absolute Gasteiger partial charge is 0.0431 e. The third-order valence-electron chi connectivity index (χ3n) is 4.00. The van der Waals surface area contributed by atoms with Crippen LogP contribution in [0.1, 0.15) is 83.5 Å². The summed E-state index contributed by atoms with van der Waals surface area (Å²) >= 11 is 0. The normalized spacial score (nSPS) is 17.8. The van der Waals surface area contributed by atoms with Gasteiger partial charge in [-0.15, -0.1) is 0 Å². The van der Waals surface area contributed by atoms with Crippen molar-refractivity contribution in [2.75, 3.05) is 6.61 Å². The molecule has 0 atom stereocenters. The first-order chi connectivity index (χ1) is 7.93. The van der Waals surface area contributed by atoms with Gasteiger partial charge in [-0.25, -0.2) is 0 Å². The lowest BCUT2D eigenvalue weighted by atomic mass is 9.85. The Morgan fingerprint density at radius 3 is 1.88 bits per heavy atom. The fourth-order valence-electron chi connectivity index (χ4n) is 2.90. The zero-order valence-corrected chi connectivity index (χ0v) is 10.9. The largest absolute Gasteiger partial charge is 0.396 e. The van der Waals surface area contributed by atoms with Gasteiger partial charge < -0.3 is 5.11 Å². The van der Waals surface area contributed by atoms with E-state index in [1.54, 1.807) is 0 Å². The number of unbranched alkanes of at least 4 members (excludes halogenated alkanes) is 6. The lowest BCUT2D eigenvalue weighted by Gasteiger charge is -2.21. The third-order valence-corrected chi connectivity index (χ3v) is 4.00. The maximum Gasteiger partial charge on any atom is 0.0431 e. The molecule has 1 N–H and O–H groups in total. The predicted octanol–water partition coefficient (Wildman–Crippen LogP) is 4.68. The predicted molar refractivity (Wildman–Crippen MR) is 70.6 cm³/mol. The van der Waals surface area contributed by atoms with Crippen molar-refractivity contribution in [2.24, 2.45) is 5.92 Å². The summed E-state index contributed by atoms with van der Waals surface area (Å²) in [6.45, 7) is 0.377. The van der Waals surface area contributed by atoms with E-state index in [2.05, 4.69) is 0 Å². The van der Waals surface area contributed by atoms with Gasteiger partial charge in [0.25, 0.3) is 0 Å². The molecule has 96 valence electrons. The molecule has 1 saturated carbocycles. The minimum Gasteiger partial charge on any atom is -0.396 e. The second-order valence-electron chi connectivity index (χ2n) is 5.49. The highest BCUT2D eigenvalue weighted by atomic mass is 16.2. The van der Waals surface area contributed by atoms with Crippen molar-refractivity contribution in [1.29, 1.82) is 0 Å². The van der Waals surface area contributed by atoms with E-state index in [1.807, 2.05) is 0 Å². The molecule has 1 fully saturated rings. The van der Waals surface area contributed by atoms with Gasteiger partial charge in [-0.2, -0.15) is 0 Å². The summed E-state index contributed by atoms with van der Waals surface area (Å²) < 4.78 is 0. The zero-order valence-electron chi connectivity index (χ0n) is 10.9. The van der Waals surface area contributed by atoms with Crippen LogP contribution in [0.3, 0.4) is 0 Å². The molecule has 0 unspecified atom stereocenters. The van der Waals surface area contributed by atoms with Gasteiger partial charge in [-0.3, -0.25) is 0 Å². The van der Waals surface area contributed by atoms with Crippen molar-refractivity contribution in [3.8, 4) is 0 Å². The Bertz CT molecular complexity index is 138. The van der Waals surface area contributed by atoms with Crippen LogP contribution in [-0.4, -0.2) is 11.7 Å². The number of hydrogen-bond acceptors (Lipinski definition) is 1. The van der Waals surface area contributed by atoms with Crippen molar-refractivity contribution in [1.82, 2.24) is 0 Å². The minimum atomic E-state index is 0.377. The molecule has 1 rings (SSSR count). The SMILES string of the molecule is OCCCCCCCCCC1CCCCC1. The molecule has 0 saturated heterocycles. The van der Waals surface area contributed by atoms with Crippen molar-refractivity contribution in [3.63, 3.8) is 0 Å². The Balaban J connectivity index is 1.77. The molecule has 0 aromatic heterocycles. The number of aliphatic hydroxyl groups excluding tert-OH is 1. The average molecular weight is 226 g/mol. The summed E-state index contributed by atoms with van der Waals surface area (Å²) in [6, 6.07) is 0. The van der Waals surface area contributed by atoms with E-state index in [1.165, 1.54) is 77.0 Å². The van der Waals surface area contributed by atoms with E-state index in [4.69, 9.17) is 5.11 Å². The maximum absolute atomic E-state index is 8.65. The first-order valence-corrected chi connectivity index (χ1v) is 7.54. The number of rotatable bonds is 9. The molecule has 16 heavy (non-hydrogen) atoms. The standard InChI is InChI=1S/C15H30O/c16-14-10-5-3-1-2-4-7-11-15-12-8-6-9-13-15/h15-16H,1-14H2. The average Bonchev–Trinajstić information content (AvgIpc) is 2.34. The topological polar surface area (TPSA) is 20.2 Å². The molecular weight excluding hydrogens is 196 g/mol. The molecule has 0 amide bonds. The van der Waals surface area contributed by atoms with Gasteiger partial charge in [0, 0.05) is 6.61 Å². The van der Waals surface area contributed by atoms with Gasteiger partial charge in [0.1, 0.15) is 0 Å². The fourth-order valence-corrected chi connectivity index (χ4v) is 2.90. The van der Waals surface area contributed by atoms with Crippen molar-refractivity contribution in [2.45, 2.75) is 83.5 Å². The van der Waals surface area contributed by atoms with Gasteiger partial charge >= 0.3 is 0 Å². The monoisotopic (exact) mass is 226 g/mol. The fraction of sp³-hybridized carbons (Fsp3) is 1.00. The Labute approximate surface area is 102 Å². The van der Waals surface area contributed by atoms with Crippen molar-refractivity contribution >= 4 is 0 Å². The molecule has 1 aliphatic rings. The summed E-state index contributed by atoms with van der Waals surface area (Å²) in [5, 5.41) is 8.65. The maximum atomic E-state index is 8.65. The molecule has 0 spiro atoms. The number of aliphatic hydroxyl groups is 1. The third kappa shape index (κ3) is 7.27. The van der Waals surface area contributed by atoms with Gasteiger partial charge in [0.05, 0.1) is 0 Å². The quantitative estimate of drug-likeness (QED) is 0.566. The summed E-state index contributed by atoms with van der Waals surface area (Å²) in [5.41, 5.74) is 0. The van der Waals surface area contributed by atoms with Crippen LogP contribution in [0.5, 0.6) is 0 Å². The Kier molecular flexibility index (Phi) is 8.88. The van der Waals surface area contributed by atoms with Gasteiger partial charge in [0.15, 0.2) is 0 Å². The van der Waals surface area contributed by atoms with Crippen LogP contribution in [-0.2, 0) is 0 Å². The molecule has 1 aliphatic carbocycles. The van der Waals surface area contributed by atoms with E-state index < -0.39 is 0 Å². The first kappa shape index (κ1) is 14.0. The lowest BCUT2D eigenvalue weighted by molar-refractivity contribution is 0.282. The summed E-state index contributed by atoms with van der Waals surface area (Å²) in [7, 11) is 0. The minimum absolute atomic E-state index is 0.377. The molecular formula is C15H30O. The molecule has 0 bridgehead atoms. The zero-order chi connectivity index (χ0) is 11.5. The van der Waals surface area contributed by atoms with E-state index in [0.717, 1.165) is 12.3 Å². The van der Waals surface area contributed by atoms with Crippen LogP contribution >= 0.6 is 0 Å². The van der Waals surface area contributed by atoms with Crippen LogP contribution in [0.2, 0.25) is 0 Å². The van der Waals surface area contributed by atoms with E-state index in [-0.39, 0.29) is 0 Å². The van der Waals surface area contributed by atoms with Crippen LogP contribution in [0, 0.1) is 5.92 Å². The second-order valence-corrected chi connectivity index (χ2v) is 5.49. The highest BCUT2D eigenvalue weighted by Gasteiger charge is 2.12. The van der Waals surface area contributed by atoms with Gasteiger partial charge in [-0.1, -0.05) is 77.0 Å². The molecule has 1 nitrogen and oxygen atoms in total. The van der Waals surface area contributed by atoms with Crippen LogP contribution < -0.4 is 0 Å². The van der Waals surface area contributed by atoms with Crippen LogP contribution in [0.15, 0.2) is 0 Å². The van der Waals surface area contributed by atoms with Crippen LogP contribution in [0.25, 0.3) is 0 Å². The Morgan fingerprint density at radius 2 is 1.25 bits per heavy atom. The molecule has 1 heteroatoms. The lowest BCUT2D eigenvalue weighted by Crippen LogP contribution is -2.05. The Morgan fingerprint density at radius 1 is 0.688 bits per heavy atom. The van der Waals surface area contributed by atoms with Crippen LogP contribution in [0.4, 0.5) is 0 Å². The van der Waals surface area contributed by atoms with Crippen molar-refractivity contribution < 1.29 is 5.11 Å². The summed E-state index contributed by atoms with van der Waals surface area (Å²) in [4.78, 5) is 0. The summed E-state index contributed by atoms with van der Waals surface area (Å²) in [6.07, 6.45) is 18.2. The highest BCUT2D eigenvalue weighted by Crippen LogP contribution is 2.28. The Hall–Kier alpha value is -0.0400. The summed E-state index contributed by atoms with van der Waals surface area (Å²) in [5.74, 6) is 1.07. The molecule has 0 heterocycles. The molecule has 0 aliphatic heterocycles. The molecule has 0 aromatic carbocycles. The molecule has 0 radical (unpaired) electrons. The molecule has 0 aromatic rings. The highest BCUT2D eigenvalue weighted by molar-refractivity contribution is 4.65.